The summed E-state index contributed by atoms with van der Waals surface area (Å²) in [7, 11) is 0. The van der Waals surface area contributed by atoms with E-state index in [0.29, 0.717) is 0 Å². The third-order valence-corrected chi connectivity index (χ3v) is 5.81. The van der Waals surface area contributed by atoms with E-state index in [1.807, 2.05) is 54.8 Å². The first kappa shape index (κ1) is 21.6. The van der Waals surface area contributed by atoms with Gasteiger partial charge in [-0.3, -0.25) is 0 Å². The molecular weight excluding hydrogens is 374 g/mol. The van der Waals surface area contributed by atoms with Crippen molar-refractivity contribution in [2.24, 2.45) is 0 Å². The number of rotatable bonds is 9. The van der Waals surface area contributed by atoms with Crippen LogP contribution in [0.15, 0.2) is 59.2 Å². The normalized spacial score (nSPS) is 10.5. The van der Waals surface area contributed by atoms with Gasteiger partial charge in [0, 0.05) is 28.1 Å². The number of benzene rings is 2. The minimum absolute atomic E-state index is 0.950. The molecular formula is C30H27N. The molecule has 0 aliphatic heterocycles. The van der Waals surface area contributed by atoms with Gasteiger partial charge in [-0.25, -0.2) is 0 Å². The zero-order valence-corrected chi connectivity index (χ0v) is 18.0. The van der Waals surface area contributed by atoms with Gasteiger partial charge in [-0.1, -0.05) is 108 Å². The lowest BCUT2D eigenvalue weighted by Gasteiger charge is -2.15. The number of hydrogen-bond acceptors (Lipinski definition) is 0. The highest BCUT2D eigenvalue weighted by Gasteiger charge is 2.25. The fraction of sp³-hybridized carbons (Fsp3) is 0. The van der Waals surface area contributed by atoms with E-state index in [4.69, 9.17) is 0 Å². The van der Waals surface area contributed by atoms with E-state index < -0.39 is 0 Å². The van der Waals surface area contributed by atoms with Crippen LogP contribution in [0.5, 0.6) is 0 Å². The minimum Gasteiger partial charge on any atom is -0.315 e. The molecule has 0 aliphatic carbocycles. The van der Waals surface area contributed by atoms with Crippen LogP contribution in [0.4, 0.5) is 0 Å². The lowest BCUT2D eigenvalue weighted by Crippen LogP contribution is -1.97. The summed E-state index contributed by atoms with van der Waals surface area (Å²) in [5, 5.41) is 2.05. The Balaban J connectivity index is 3.03. The van der Waals surface area contributed by atoms with Gasteiger partial charge in [0.2, 0.25) is 0 Å². The maximum atomic E-state index is 4.11. The predicted octanol–water partition coefficient (Wildman–Crippen LogP) is 9.04. The Kier molecular flexibility index (Phi) is 5.81. The monoisotopic (exact) mass is 401 g/mol. The molecule has 2 aromatic carbocycles. The Morgan fingerprint density at radius 3 is 0.839 bits per heavy atom. The lowest BCUT2D eigenvalue weighted by molar-refractivity contribution is 1.28. The van der Waals surface area contributed by atoms with Crippen LogP contribution >= 0.6 is 0 Å². The van der Waals surface area contributed by atoms with Gasteiger partial charge in [-0.05, 0) is 33.4 Å². The van der Waals surface area contributed by atoms with Gasteiger partial charge in [-0.15, -0.1) is 0 Å². The summed E-state index contributed by atoms with van der Waals surface area (Å²) in [5.41, 5.74) is 9.59. The quantitative estimate of drug-likeness (QED) is 0.337. The number of nitrogens with zero attached hydrogens (tertiary/aromatic N) is 1. The number of hydrogen-bond donors (Lipinski definition) is 0. The molecule has 3 aromatic rings. The van der Waals surface area contributed by atoms with E-state index in [-0.39, 0.29) is 0 Å². The van der Waals surface area contributed by atoms with Crippen molar-refractivity contribution in [3.05, 3.63) is 104 Å². The molecule has 0 unspecified atom stereocenters. The van der Waals surface area contributed by atoms with Crippen LogP contribution < -0.4 is 0 Å². The maximum absolute atomic E-state index is 4.11. The van der Waals surface area contributed by atoms with Gasteiger partial charge >= 0.3 is 0 Å². The van der Waals surface area contributed by atoms with Gasteiger partial charge in [-0.2, -0.15) is 0 Å². The topological polar surface area (TPSA) is 4.93 Å². The molecule has 152 valence electrons. The van der Waals surface area contributed by atoms with Crippen LogP contribution in [-0.2, 0) is 0 Å². The van der Waals surface area contributed by atoms with Gasteiger partial charge in [0.15, 0.2) is 0 Å². The van der Waals surface area contributed by atoms with Crippen LogP contribution in [-0.4, -0.2) is 4.57 Å². The Morgan fingerprint density at radius 2 is 0.613 bits per heavy atom. The van der Waals surface area contributed by atoms with Crippen LogP contribution in [0.25, 0.3) is 76.6 Å². The summed E-state index contributed by atoms with van der Waals surface area (Å²) >= 11 is 0. The molecule has 0 bridgehead atoms. The van der Waals surface area contributed by atoms with E-state index in [0.717, 1.165) is 66.3 Å². The van der Waals surface area contributed by atoms with Gasteiger partial charge in [0.25, 0.3) is 0 Å². The van der Waals surface area contributed by atoms with Crippen molar-refractivity contribution in [3.63, 3.8) is 0 Å². The SMILES string of the molecule is C=Cc1c(C=C)c(C=C)c2c(c1C=C)c1c(C=C)c(C=C)c(C=C)c(C=C)c1n2C=C. The van der Waals surface area contributed by atoms with Crippen molar-refractivity contribution >= 4 is 76.6 Å². The van der Waals surface area contributed by atoms with Crippen LogP contribution in [0, 0.1) is 0 Å². The second-order valence-electron chi connectivity index (χ2n) is 6.94. The molecule has 31 heavy (non-hydrogen) atoms. The molecule has 0 amide bonds. The Bertz CT molecular complexity index is 1260. The molecule has 1 aromatic heterocycles. The highest BCUT2D eigenvalue weighted by atomic mass is 15.0. The fourth-order valence-corrected chi connectivity index (χ4v) is 4.65. The lowest BCUT2D eigenvalue weighted by atomic mass is 9.87. The van der Waals surface area contributed by atoms with Gasteiger partial charge in [0.05, 0.1) is 11.0 Å². The average Bonchev–Trinajstić information content (AvgIpc) is 3.14. The summed E-state index contributed by atoms with van der Waals surface area (Å²) < 4.78 is 2.08. The standard InChI is InChI=1S/C30H27N/c1-10-19-21(12-3)25(16-7)29-27(23(19)14-5)28-24(15-6)20(11-2)22(13-4)26(17-8)30(28)31(29)18-9/h10-18H,1-9H2. The van der Waals surface area contributed by atoms with E-state index in [1.165, 1.54) is 0 Å². The van der Waals surface area contributed by atoms with E-state index in [1.54, 1.807) is 0 Å². The Hall–Kier alpha value is -4.10. The molecule has 3 rings (SSSR count). The van der Waals surface area contributed by atoms with Crippen LogP contribution in [0.1, 0.15) is 44.5 Å². The first-order valence-electron chi connectivity index (χ1n) is 9.94. The van der Waals surface area contributed by atoms with Crippen LogP contribution in [0.2, 0.25) is 0 Å². The van der Waals surface area contributed by atoms with Crippen molar-refractivity contribution < 1.29 is 0 Å². The molecule has 1 nitrogen and oxygen atoms in total. The number of aromatic nitrogens is 1. The molecule has 0 saturated heterocycles. The molecule has 0 saturated carbocycles. The first-order chi connectivity index (χ1) is 15.0. The summed E-state index contributed by atoms with van der Waals surface area (Å²) in [5.74, 6) is 0. The summed E-state index contributed by atoms with van der Waals surface area (Å²) in [4.78, 5) is 0. The molecule has 0 atom stereocenters. The molecule has 0 spiro atoms. The molecule has 0 aliphatic rings. The third kappa shape index (κ3) is 2.71. The van der Waals surface area contributed by atoms with E-state index >= 15 is 0 Å². The molecule has 1 heterocycles. The largest absolute Gasteiger partial charge is 0.315 e. The summed E-state index contributed by atoms with van der Waals surface area (Å²) in [6, 6.07) is 0. The average molecular weight is 402 g/mol. The molecule has 1 heteroatoms. The Morgan fingerprint density at radius 1 is 0.355 bits per heavy atom. The predicted molar refractivity (Wildman–Crippen MR) is 147 cm³/mol. The van der Waals surface area contributed by atoms with Crippen LogP contribution in [0.3, 0.4) is 0 Å². The number of fused-ring (bicyclic) bond motifs is 3. The first-order valence-corrected chi connectivity index (χ1v) is 9.94. The highest BCUT2D eigenvalue weighted by Crippen LogP contribution is 2.45. The van der Waals surface area contributed by atoms with Gasteiger partial charge < -0.3 is 4.57 Å². The van der Waals surface area contributed by atoms with Crippen molar-refractivity contribution in [1.82, 2.24) is 4.57 Å². The van der Waals surface area contributed by atoms with Crippen molar-refractivity contribution in [3.8, 4) is 0 Å². The van der Waals surface area contributed by atoms with Gasteiger partial charge in [0.1, 0.15) is 0 Å². The Labute approximate surface area is 185 Å². The smallest absolute Gasteiger partial charge is 0.0619 e. The molecule has 0 N–H and O–H groups in total. The van der Waals surface area contributed by atoms with E-state index in [2.05, 4.69) is 63.8 Å². The fourth-order valence-electron chi connectivity index (χ4n) is 4.65. The van der Waals surface area contributed by atoms with Crippen molar-refractivity contribution in [2.75, 3.05) is 0 Å². The third-order valence-electron chi connectivity index (χ3n) is 5.81. The van der Waals surface area contributed by atoms with Crippen molar-refractivity contribution in [1.29, 1.82) is 0 Å². The maximum Gasteiger partial charge on any atom is 0.0619 e. The highest BCUT2D eigenvalue weighted by molar-refractivity contribution is 6.22. The second kappa shape index (κ2) is 8.33. The zero-order valence-electron chi connectivity index (χ0n) is 18.0. The second-order valence-corrected chi connectivity index (χ2v) is 6.94. The summed E-state index contributed by atoms with van der Waals surface area (Å²) in [6.07, 6.45) is 16.6. The van der Waals surface area contributed by atoms with E-state index in [9.17, 15) is 0 Å². The summed E-state index contributed by atoms with van der Waals surface area (Å²) in [6.45, 7) is 36.7. The molecule has 0 radical (unpaired) electrons. The zero-order chi connectivity index (χ0) is 22.9. The minimum atomic E-state index is 0.950. The van der Waals surface area contributed by atoms with Crippen molar-refractivity contribution in [2.45, 2.75) is 0 Å². The molecule has 0 fully saturated rings.